The Labute approximate surface area is 120 Å². The van der Waals surface area contributed by atoms with Crippen molar-refractivity contribution in [2.45, 2.75) is 0 Å². The van der Waals surface area contributed by atoms with Gasteiger partial charge in [0.15, 0.2) is 0 Å². The molecule has 0 atom stereocenters. The third-order valence-corrected chi connectivity index (χ3v) is 4.85. The molecule has 1 rings (SSSR count). The summed E-state index contributed by atoms with van der Waals surface area (Å²) in [6.07, 6.45) is 0. The van der Waals surface area contributed by atoms with Crippen molar-refractivity contribution in [1.82, 2.24) is 4.31 Å². The van der Waals surface area contributed by atoms with Crippen molar-refractivity contribution in [1.29, 1.82) is 0 Å². The molecule has 0 aliphatic rings. The summed E-state index contributed by atoms with van der Waals surface area (Å²) in [7, 11) is -2.71. The van der Waals surface area contributed by atoms with Gasteiger partial charge in [-0.05, 0) is 18.2 Å². The molecule has 0 aromatic heterocycles. The van der Waals surface area contributed by atoms with Crippen molar-refractivity contribution in [2.24, 2.45) is 0 Å². The number of alkyl halides is 1. The maximum Gasteiger partial charge on any atom is 0.335 e. The minimum Gasteiger partial charge on any atom is -0.307 e. The third kappa shape index (κ3) is 3.65. The monoisotopic (exact) mass is 330 g/mol. The highest BCUT2D eigenvalue weighted by Crippen LogP contribution is 2.25. The Balaban J connectivity index is 2.85. The van der Waals surface area contributed by atoms with Crippen LogP contribution in [0.4, 0.5) is 10.5 Å². The molecule has 18 heavy (non-hydrogen) atoms. The molecule has 2 amide bonds. The largest absolute Gasteiger partial charge is 0.335 e. The van der Waals surface area contributed by atoms with Crippen LogP contribution < -0.4 is 5.32 Å². The summed E-state index contributed by atoms with van der Waals surface area (Å²) >= 11 is 16.7. The molecule has 0 spiro atoms. The highest BCUT2D eigenvalue weighted by molar-refractivity contribution is 7.90. The lowest BCUT2D eigenvalue weighted by Gasteiger charge is -2.16. The normalized spacial score (nSPS) is 11.1. The molecule has 0 aliphatic carbocycles. The van der Waals surface area contributed by atoms with E-state index in [0.717, 1.165) is 7.05 Å². The number of nitrogens with zero attached hydrogens (tertiary/aromatic N) is 1. The molecule has 0 saturated heterocycles. The van der Waals surface area contributed by atoms with Gasteiger partial charge in [-0.2, -0.15) is 0 Å². The number of amides is 2. The summed E-state index contributed by atoms with van der Waals surface area (Å²) in [5.41, 5.74) is 0.325. The Hall–Kier alpha value is -0.690. The third-order valence-electron chi connectivity index (χ3n) is 2.01. The standard InChI is InChI=1S/C9H9Cl3N2O3S/c1-14(18(16,17)5-10)9(15)13-6-2-3-7(11)8(12)4-6/h2-4H,5H2,1H3,(H,13,15). The van der Waals surface area contributed by atoms with Gasteiger partial charge in [0, 0.05) is 12.7 Å². The predicted molar refractivity (Wildman–Crippen MR) is 72.9 cm³/mol. The first-order valence-corrected chi connectivity index (χ1v) is 7.46. The Morgan fingerprint density at radius 1 is 1.33 bits per heavy atom. The van der Waals surface area contributed by atoms with E-state index in [1.165, 1.54) is 18.2 Å². The predicted octanol–water partition coefficient (Wildman–Crippen LogP) is 2.98. The number of benzene rings is 1. The number of halogens is 3. The van der Waals surface area contributed by atoms with Crippen molar-refractivity contribution < 1.29 is 13.2 Å². The molecule has 100 valence electrons. The maximum atomic E-state index is 11.6. The van der Waals surface area contributed by atoms with E-state index >= 15 is 0 Å². The van der Waals surface area contributed by atoms with E-state index in [1.54, 1.807) is 0 Å². The lowest BCUT2D eigenvalue weighted by atomic mass is 10.3. The molecular formula is C9H9Cl3N2O3S. The van der Waals surface area contributed by atoms with Crippen LogP contribution in [0.1, 0.15) is 0 Å². The Kier molecular flexibility index (Phi) is 5.10. The van der Waals surface area contributed by atoms with Gasteiger partial charge in [-0.1, -0.05) is 23.2 Å². The van der Waals surface area contributed by atoms with E-state index in [9.17, 15) is 13.2 Å². The number of sulfonamides is 1. The van der Waals surface area contributed by atoms with Crippen LogP contribution in [0.3, 0.4) is 0 Å². The zero-order chi connectivity index (χ0) is 13.9. The second-order valence-electron chi connectivity index (χ2n) is 3.25. The van der Waals surface area contributed by atoms with E-state index in [-0.39, 0.29) is 5.02 Å². The van der Waals surface area contributed by atoms with E-state index in [4.69, 9.17) is 34.8 Å². The molecule has 0 radical (unpaired) electrons. The summed E-state index contributed by atoms with van der Waals surface area (Å²) in [5.74, 6) is 0. The van der Waals surface area contributed by atoms with Crippen molar-refractivity contribution in [2.75, 3.05) is 17.6 Å². The number of rotatable bonds is 3. The van der Waals surface area contributed by atoms with Gasteiger partial charge >= 0.3 is 6.03 Å². The van der Waals surface area contributed by atoms with Crippen molar-refractivity contribution in [3.63, 3.8) is 0 Å². The minimum absolute atomic E-state index is 0.248. The summed E-state index contributed by atoms with van der Waals surface area (Å²) < 4.78 is 23.2. The Bertz CT molecular complexity index is 562. The van der Waals surface area contributed by atoms with Crippen LogP contribution in [0.2, 0.25) is 10.0 Å². The first-order chi connectivity index (χ1) is 8.27. The Morgan fingerprint density at radius 3 is 2.44 bits per heavy atom. The number of hydrogen-bond acceptors (Lipinski definition) is 3. The van der Waals surface area contributed by atoms with Gasteiger partial charge in [-0.3, -0.25) is 0 Å². The van der Waals surface area contributed by atoms with E-state index < -0.39 is 21.3 Å². The molecule has 1 aromatic rings. The van der Waals surface area contributed by atoms with E-state index in [0.29, 0.717) is 15.0 Å². The fraction of sp³-hybridized carbons (Fsp3) is 0.222. The molecular weight excluding hydrogens is 323 g/mol. The quantitative estimate of drug-likeness (QED) is 0.866. The molecule has 0 aliphatic heterocycles. The number of carbonyl (C=O) groups excluding carboxylic acids is 1. The second-order valence-corrected chi connectivity index (χ2v) is 6.65. The molecule has 1 N–H and O–H groups in total. The first-order valence-electron chi connectivity index (χ1n) is 4.56. The summed E-state index contributed by atoms with van der Waals surface area (Å²) in [4.78, 5) is 11.6. The number of carbonyl (C=O) groups is 1. The first kappa shape index (κ1) is 15.4. The van der Waals surface area contributed by atoms with Crippen molar-refractivity contribution in [3.05, 3.63) is 28.2 Å². The van der Waals surface area contributed by atoms with Gasteiger partial charge in [-0.25, -0.2) is 17.5 Å². The van der Waals surface area contributed by atoms with Gasteiger partial charge in [0.25, 0.3) is 10.0 Å². The lowest BCUT2D eigenvalue weighted by molar-refractivity contribution is 0.241. The van der Waals surface area contributed by atoms with Crippen LogP contribution in [-0.2, 0) is 10.0 Å². The number of anilines is 1. The topological polar surface area (TPSA) is 66.5 Å². The second kappa shape index (κ2) is 5.97. The summed E-state index contributed by atoms with van der Waals surface area (Å²) in [6, 6.07) is 3.54. The van der Waals surface area contributed by atoms with Gasteiger partial charge in [0.05, 0.1) is 10.0 Å². The maximum absolute atomic E-state index is 11.6. The van der Waals surface area contributed by atoms with Crippen LogP contribution >= 0.6 is 34.8 Å². The van der Waals surface area contributed by atoms with E-state index in [2.05, 4.69) is 5.32 Å². The van der Waals surface area contributed by atoms with Gasteiger partial charge in [0.2, 0.25) is 0 Å². The van der Waals surface area contributed by atoms with Gasteiger partial charge in [0.1, 0.15) is 5.21 Å². The van der Waals surface area contributed by atoms with Crippen LogP contribution in [-0.4, -0.2) is 31.0 Å². The SMILES string of the molecule is CN(C(=O)Nc1ccc(Cl)c(Cl)c1)S(=O)(=O)CCl. The molecule has 0 unspecified atom stereocenters. The molecule has 5 nitrogen and oxygen atoms in total. The lowest BCUT2D eigenvalue weighted by Crippen LogP contribution is -2.37. The van der Waals surface area contributed by atoms with E-state index in [1.807, 2.05) is 0 Å². The van der Waals surface area contributed by atoms with Crippen LogP contribution in [0.15, 0.2) is 18.2 Å². The minimum atomic E-state index is -3.81. The number of nitrogens with one attached hydrogen (secondary N) is 1. The molecule has 0 heterocycles. The highest BCUT2D eigenvalue weighted by atomic mass is 35.5. The Morgan fingerprint density at radius 2 is 1.94 bits per heavy atom. The fourth-order valence-corrected chi connectivity index (χ4v) is 2.16. The van der Waals surface area contributed by atoms with Crippen molar-refractivity contribution >= 4 is 56.5 Å². The van der Waals surface area contributed by atoms with Crippen LogP contribution in [0, 0.1) is 0 Å². The number of hydrogen-bond donors (Lipinski definition) is 1. The van der Waals surface area contributed by atoms with Crippen LogP contribution in [0.5, 0.6) is 0 Å². The number of urea groups is 1. The molecule has 9 heteroatoms. The average Bonchev–Trinajstić information content (AvgIpc) is 2.32. The average molecular weight is 332 g/mol. The highest BCUT2D eigenvalue weighted by Gasteiger charge is 2.22. The summed E-state index contributed by atoms with van der Waals surface area (Å²) in [5, 5.41) is 2.25. The molecule has 1 aromatic carbocycles. The molecule has 0 bridgehead atoms. The van der Waals surface area contributed by atoms with Crippen molar-refractivity contribution in [3.8, 4) is 0 Å². The van der Waals surface area contributed by atoms with Gasteiger partial charge in [-0.15, -0.1) is 11.6 Å². The zero-order valence-corrected chi connectivity index (χ0v) is 12.2. The van der Waals surface area contributed by atoms with Gasteiger partial charge < -0.3 is 5.32 Å². The fourth-order valence-electron chi connectivity index (χ4n) is 0.976. The summed E-state index contributed by atoms with van der Waals surface area (Å²) in [6.45, 7) is 0. The van der Waals surface area contributed by atoms with Crippen LogP contribution in [0.25, 0.3) is 0 Å². The smallest absolute Gasteiger partial charge is 0.307 e. The zero-order valence-electron chi connectivity index (χ0n) is 9.15. The molecule has 0 saturated carbocycles. The molecule has 0 fully saturated rings.